The fraction of sp³-hybridized carbons (Fsp3) is 1.00. The molecule has 2 aliphatic heterocycles. The highest BCUT2D eigenvalue weighted by Crippen LogP contribution is 2.31. The van der Waals surface area contributed by atoms with E-state index in [9.17, 15) is 0 Å². The SMILES string of the molecule is C1CC2SCCN2C1. The van der Waals surface area contributed by atoms with Crippen molar-refractivity contribution in [1.29, 1.82) is 0 Å². The van der Waals surface area contributed by atoms with Crippen LogP contribution in [-0.2, 0) is 0 Å². The minimum absolute atomic E-state index is 0.926. The minimum Gasteiger partial charge on any atom is -0.291 e. The summed E-state index contributed by atoms with van der Waals surface area (Å²) >= 11 is 2.14. The second kappa shape index (κ2) is 1.92. The van der Waals surface area contributed by atoms with Gasteiger partial charge >= 0.3 is 0 Å². The molecule has 2 fully saturated rings. The second-order valence-electron chi connectivity index (χ2n) is 2.50. The van der Waals surface area contributed by atoms with Gasteiger partial charge in [-0.15, -0.1) is 11.8 Å². The summed E-state index contributed by atoms with van der Waals surface area (Å²) in [5.74, 6) is 1.38. The first-order chi connectivity index (χ1) is 3.97. The van der Waals surface area contributed by atoms with E-state index in [0.717, 1.165) is 5.37 Å². The Balaban J connectivity index is 2.04. The van der Waals surface area contributed by atoms with E-state index in [-0.39, 0.29) is 0 Å². The third kappa shape index (κ3) is 0.669. The van der Waals surface area contributed by atoms with Gasteiger partial charge in [-0.1, -0.05) is 0 Å². The van der Waals surface area contributed by atoms with Crippen LogP contribution in [0.1, 0.15) is 12.8 Å². The maximum absolute atomic E-state index is 2.60. The lowest BCUT2D eigenvalue weighted by Gasteiger charge is -2.10. The molecule has 0 radical (unpaired) electrons. The van der Waals surface area contributed by atoms with Crippen LogP contribution < -0.4 is 0 Å². The predicted octanol–water partition coefficient (Wildman–Crippen LogP) is 1.16. The second-order valence-corrected chi connectivity index (χ2v) is 3.79. The van der Waals surface area contributed by atoms with Crippen molar-refractivity contribution in [1.82, 2.24) is 4.90 Å². The number of fused-ring (bicyclic) bond motifs is 1. The Labute approximate surface area is 54.4 Å². The molecule has 0 bridgehead atoms. The van der Waals surface area contributed by atoms with Crippen molar-refractivity contribution in [3.63, 3.8) is 0 Å². The highest BCUT2D eigenvalue weighted by molar-refractivity contribution is 8.00. The lowest BCUT2D eigenvalue weighted by molar-refractivity contribution is 0.356. The molecule has 8 heavy (non-hydrogen) atoms. The quantitative estimate of drug-likeness (QED) is 0.483. The highest BCUT2D eigenvalue weighted by Gasteiger charge is 2.28. The summed E-state index contributed by atoms with van der Waals surface area (Å²) in [6, 6.07) is 0. The van der Waals surface area contributed by atoms with Gasteiger partial charge < -0.3 is 0 Å². The van der Waals surface area contributed by atoms with Gasteiger partial charge in [0.15, 0.2) is 0 Å². The summed E-state index contributed by atoms with van der Waals surface area (Å²) in [6.45, 7) is 2.73. The Bertz CT molecular complexity index is 74.5. The molecule has 2 heterocycles. The van der Waals surface area contributed by atoms with Crippen molar-refractivity contribution in [2.24, 2.45) is 0 Å². The first-order valence-electron chi connectivity index (χ1n) is 3.32. The molecule has 0 saturated carbocycles. The fourth-order valence-electron chi connectivity index (χ4n) is 1.55. The Kier molecular flexibility index (Phi) is 1.23. The summed E-state index contributed by atoms with van der Waals surface area (Å²) in [6.07, 6.45) is 2.89. The van der Waals surface area contributed by atoms with Gasteiger partial charge in [0, 0.05) is 12.3 Å². The zero-order chi connectivity index (χ0) is 5.40. The molecule has 2 saturated heterocycles. The van der Waals surface area contributed by atoms with Crippen molar-refractivity contribution in [2.75, 3.05) is 18.8 Å². The molecular weight excluding hydrogens is 118 g/mol. The average Bonchev–Trinajstić information content (AvgIpc) is 2.15. The average molecular weight is 129 g/mol. The summed E-state index contributed by atoms with van der Waals surface area (Å²) in [5, 5.41) is 0.926. The first-order valence-corrected chi connectivity index (χ1v) is 4.37. The molecule has 0 aromatic carbocycles. The van der Waals surface area contributed by atoms with E-state index in [1.165, 1.54) is 31.7 Å². The summed E-state index contributed by atoms with van der Waals surface area (Å²) in [5.41, 5.74) is 0. The molecule has 1 unspecified atom stereocenters. The third-order valence-corrected chi connectivity index (χ3v) is 3.33. The van der Waals surface area contributed by atoms with E-state index < -0.39 is 0 Å². The van der Waals surface area contributed by atoms with Gasteiger partial charge in [-0.25, -0.2) is 0 Å². The van der Waals surface area contributed by atoms with Crippen LogP contribution in [0.3, 0.4) is 0 Å². The molecule has 0 aromatic rings. The molecular formula is C6H11NS. The molecule has 2 aliphatic rings. The molecule has 2 heteroatoms. The van der Waals surface area contributed by atoms with Gasteiger partial charge in [0.25, 0.3) is 0 Å². The lowest BCUT2D eigenvalue weighted by atomic mass is 10.4. The van der Waals surface area contributed by atoms with Crippen LogP contribution in [0.2, 0.25) is 0 Å². The van der Waals surface area contributed by atoms with Crippen LogP contribution in [-0.4, -0.2) is 29.1 Å². The van der Waals surface area contributed by atoms with Gasteiger partial charge in [0.1, 0.15) is 0 Å². The molecule has 1 nitrogen and oxygen atoms in total. The summed E-state index contributed by atoms with van der Waals surface area (Å²) < 4.78 is 0. The standard InChI is InChI=1S/C6H11NS/c1-2-6-7(3-1)4-5-8-6/h6H,1-5H2. The molecule has 0 aromatic heterocycles. The molecule has 0 spiro atoms. The smallest absolute Gasteiger partial charge is 0.0558 e. The van der Waals surface area contributed by atoms with Crippen LogP contribution in [0.25, 0.3) is 0 Å². The van der Waals surface area contributed by atoms with Crippen LogP contribution in [0.15, 0.2) is 0 Å². The van der Waals surface area contributed by atoms with Crippen LogP contribution >= 0.6 is 11.8 Å². The lowest BCUT2D eigenvalue weighted by Crippen LogP contribution is -2.20. The zero-order valence-corrected chi connectivity index (χ0v) is 5.78. The van der Waals surface area contributed by atoms with Gasteiger partial charge in [0.05, 0.1) is 5.37 Å². The van der Waals surface area contributed by atoms with E-state index in [2.05, 4.69) is 16.7 Å². The van der Waals surface area contributed by atoms with Gasteiger partial charge in [-0.05, 0) is 19.4 Å². The van der Waals surface area contributed by atoms with E-state index >= 15 is 0 Å². The van der Waals surface area contributed by atoms with Crippen molar-refractivity contribution in [3.8, 4) is 0 Å². The van der Waals surface area contributed by atoms with Crippen LogP contribution in [0.5, 0.6) is 0 Å². The Morgan fingerprint density at radius 3 is 3.25 bits per heavy atom. The number of nitrogens with zero attached hydrogens (tertiary/aromatic N) is 1. The van der Waals surface area contributed by atoms with E-state index in [1.807, 2.05) is 0 Å². The number of hydrogen-bond acceptors (Lipinski definition) is 2. The maximum atomic E-state index is 2.60. The van der Waals surface area contributed by atoms with E-state index in [1.54, 1.807) is 0 Å². The van der Waals surface area contributed by atoms with Crippen molar-refractivity contribution >= 4 is 11.8 Å². The topological polar surface area (TPSA) is 3.24 Å². The minimum atomic E-state index is 0.926. The molecule has 0 aliphatic carbocycles. The molecule has 0 amide bonds. The monoisotopic (exact) mass is 129 g/mol. The fourth-order valence-corrected chi connectivity index (χ4v) is 2.91. The van der Waals surface area contributed by atoms with Crippen molar-refractivity contribution in [2.45, 2.75) is 18.2 Å². The van der Waals surface area contributed by atoms with E-state index in [4.69, 9.17) is 0 Å². The summed E-state index contributed by atoms with van der Waals surface area (Å²) in [4.78, 5) is 2.60. The molecule has 2 rings (SSSR count). The maximum Gasteiger partial charge on any atom is 0.0558 e. The first kappa shape index (κ1) is 5.12. The van der Waals surface area contributed by atoms with Crippen LogP contribution in [0.4, 0.5) is 0 Å². The summed E-state index contributed by atoms with van der Waals surface area (Å²) in [7, 11) is 0. The zero-order valence-electron chi connectivity index (χ0n) is 4.97. The normalized spacial score (nSPS) is 38.2. The number of thioether (sulfide) groups is 1. The third-order valence-electron chi connectivity index (χ3n) is 1.99. The molecule has 46 valence electrons. The van der Waals surface area contributed by atoms with Gasteiger partial charge in [-0.2, -0.15) is 0 Å². The number of rotatable bonds is 0. The van der Waals surface area contributed by atoms with Crippen molar-refractivity contribution in [3.05, 3.63) is 0 Å². The predicted molar refractivity (Wildman–Crippen MR) is 37.1 cm³/mol. The number of hydrogen-bond donors (Lipinski definition) is 0. The Morgan fingerprint density at radius 1 is 1.38 bits per heavy atom. The highest BCUT2D eigenvalue weighted by atomic mass is 32.2. The molecule has 0 N–H and O–H groups in total. The Morgan fingerprint density at radius 2 is 2.38 bits per heavy atom. The Hall–Kier alpha value is 0.310. The van der Waals surface area contributed by atoms with Gasteiger partial charge in [0.2, 0.25) is 0 Å². The van der Waals surface area contributed by atoms with E-state index in [0.29, 0.717) is 0 Å². The van der Waals surface area contributed by atoms with Crippen molar-refractivity contribution < 1.29 is 0 Å². The molecule has 1 atom stereocenters. The van der Waals surface area contributed by atoms with Crippen LogP contribution in [0, 0.1) is 0 Å². The van der Waals surface area contributed by atoms with Gasteiger partial charge in [-0.3, -0.25) is 4.90 Å². The largest absolute Gasteiger partial charge is 0.291 e.